The van der Waals surface area contributed by atoms with Crippen LogP contribution < -0.4 is 0 Å². The zero-order chi connectivity index (χ0) is 13.8. The Balaban J connectivity index is 2.16. The third-order valence-electron chi connectivity index (χ3n) is 2.60. The van der Waals surface area contributed by atoms with E-state index >= 15 is 0 Å². The van der Waals surface area contributed by atoms with Crippen molar-refractivity contribution in [2.75, 3.05) is 7.11 Å². The van der Waals surface area contributed by atoms with Gasteiger partial charge in [0, 0.05) is 5.56 Å². The number of nitrogens with zero attached hydrogens (tertiary/aromatic N) is 3. The second-order valence-corrected chi connectivity index (χ2v) is 3.77. The lowest BCUT2D eigenvalue weighted by Crippen LogP contribution is -2.28. The Kier molecular flexibility index (Phi) is 3.83. The molecule has 0 amide bonds. The molecule has 2 aromatic rings. The molecular formula is C11H12N4O4. The molecule has 0 saturated carbocycles. The van der Waals surface area contributed by atoms with E-state index in [1.54, 1.807) is 24.3 Å². The maximum atomic E-state index is 11.1. The lowest BCUT2D eigenvalue weighted by atomic mass is 10.0. The molecule has 1 heterocycles. The van der Waals surface area contributed by atoms with Crippen LogP contribution in [0, 0.1) is 0 Å². The number of carbonyl (C=O) groups excluding carboxylic acids is 1. The van der Waals surface area contributed by atoms with Crippen LogP contribution in [0.5, 0.6) is 0 Å². The van der Waals surface area contributed by atoms with Gasteiger partial charge in [-0.15, -0.1) is 10.2 Å². The highest BCUT2D eigenvalue weighted by Crippen LogP contribution is 2.21. The number of nitrogens with one attached hydrogen (secondary N) is 1. The number of aromatic amines is 1. The third kappa shape index (κ3) is 2.75. The van der Waals surface area contributed by atoms with Gasteiger partial charge in [-0.1, -0.05) is 24.3 Å². The average molecular weight is 264 g/mol. The number of H-pyrrole nitrogens is 1. The summed E-state index contributed by atoms with van der Waals surface area (Å²) in [5.41, 5.74) is 1.07. The van der Waals surface area contributed by atoms with Gasteiger partial charge in [-0.2, -0.15) is 5.21 Å². The largest absolute Gasteiger partial charge is 0.467 e. The highest BCUT2D eigenvalue weighted by Gasteiger charge is 2.26. The molecule has 8 heteroatoms. The summed E-state index contributed by atoms with van der Waals surface area (Å²) in [6, 6.07) is 6.41. The van der Waals surface area contributed by atoms with Crippen molar-refractivity contribution in [3.8, 4) is 11.4 Å². The van der Waals surface area contributed by atoms with Gasteiger partial charge in [0.1, 0.15) is 6.10 Å². The Morgan fingerprint density at radius 1 is 1.32 bits per heavy atom. The van der Waals surface area contributed by atoms with Crippen LogP contribution >= 0.6 is 0 Å². The van der Waals surface area contributed by atoms with Crippen molar-refractivity contribution in [2.24, 2.45) is 0 Å². The van der Waals surface area contributed by atoms with E-state index in [1.165, 1.54) is 0 Å². The zero-order valence-electron chi connectivity index (χ0n) is 10.0. The predicted molar refractivity (Wildman–Crippen MR) is 62.6 cm³/mol. The van der Waals surface area contributed by atoms with Crippen molar-refractivity contribution in [1.29, 1.82) is 0 Å². The standard InChI is InChI=1S/C11H12N4O4/c1-19-11(18)9(17)8(16)6-2-4-7(5-3-6)10-12-14-15-13-10/h2-5,8-9,16-17H,1H3,(H,12,13,14,15). The van der Waals surface area contributed by atoms with Crippen LogP contribution in [0.3, 0.4) is 0 Å². The van der Waals surface area contributed by atoms with Gasteiger partial charge in [-0.3, -0.25) is 0 Å². The van der Waals surface area contributed by atoms with Crippen molar-refractivity contribution in [3.05, 3.63) is 29.8 Å². The molecule has 100 valence electrons. The molecule has 0 aliphatic rings. The van der Waals surface area contributed by atoms with Crippen molar-refractivity contribution in [1.82, 2.24) is 20.6 Å². The highest BCUT2D eigenvalue weighted by atomic mass is 16.5. The van der Waals surface area contributed by atoms with Crippen LogP contribution in [0.4, 0.5) is 0 Å². The number of hydrogen-bond donors (Lipinski definition) is 3. The minimum Gasteiger partial charge on any atom is -0.467 e. The van der Waals surface area contributed by atoms with Gasteiger partial charge >= 0.3 is 5.97 Å². The van der Waals surface area contributed by atoms with Gasteiger partial charge in [0.2, 0.25) is 5.82 Å². The maximum absolute atomic E-state index is 11.1. The molecule has 0 aliphatic carbocycles. The molecule has 8 nitrogen and oxygen atoms in total. The Morgan fingerprint density at radius 3 is 2.53 bits per heavy atom. The van der Waals surface area contributed by atoms with Crippen LogP contribution in [-0.4, -0.2) is 50.0 Å². The van der Waals surface area contributed by atoms with Gasteiger partial charge in [0.15, 0.2) is 6.10 Å². The molecule has 0 bridgehead atoms. The Bertz CT molecular complexity index is 540. The number of benzene rings is 1. The number of rotatable bonds is 4. The van der Waals surface area contributed by atoms with Crippen LogP contribution in [0.15, 0.2) is 24.3 Å². The molecule has 2 rings (SSSR count). The summed E-state index contributed by atoms with van der Waals surface area (Å²) in [5.74, 6) is -0.482. The van der Waals surface area contributed by atoms with Gasteiger partial charge in [-0.25, -0.2) is 4.79 Å². The van der Waals surface area contributed by atoms with Crippen molar-refractivity contribution in [2.45, 2.75) is 12.2 Å². The summed E-state index contributed by atoms with van der Waals surface area (Å²) in [7, 11) is 1.14. The second-order valence-electron chi connectivity index (χ2n) is 3.77. The summed E-state index contributed by atoms with van der Waals surface area (Å²) in [4.78, 5) is 11.1. The first-order valence-corrected chi connectivity index (χ1v) is 5.41. The van der Waals surface area contributed by atoms with E-state index in [1.807, 2.05) is 0 Å². The Hall–Kier alpha value is -2.32. The van der Waals surface area contributed by atoms with E-state index in [9.17, 15) is 15.0 Å². The van der Waals surface area contributed by atoms with Crippen molar-refractivity contribution < 1.29 is 19.7 Å². The highest BCUT2D eigenvalue weighted by molar-refractivity contribution is 5.75. The average Bonchev–Trinajstić information content (AvgIpc) is 2.99. The first-order chi connectivity index (χ1) is 9.13. The van der Waals surface area contributed by atoms with Crippen LogP contribution in [0.1, 0.15) is 11.7 Å². The smallest absolute Gasteiger partial charge is 0.337 e. The van der Waals surface area contributed by atoms with E-state index in [0.717, 1.165) is 7.11 Å². The molecular weight excluding hydrogens is 252 g/mol. The molecule has 2 atom stereocenters. The lowest BCUT2D eigenvalue weighted by Gasteiger charge is -2.15. The summed E-state index contributed by atoms with van der Waals surface area (Å²) < 4.78 is 4.36. The molecule has 0 aliphatic heterocycles. The van der Waals surface area contributed by atoms with Gasteiger partial charge in [0.25, 0.3) is 0 Å². The van der Waals surface area contributed by atoms with Gasteiger partial charge < -0.3 is 14.9 Å². The molecule has 3 N–H and O–H groups in total. The fourth-order valence-corrected chi connectivity index (χ4v) is 1.55. The van der Waals surface area contributed by atoms with E-state index in [-0.39, 0.29) is 0 Å². The van der Waals surface area contributed by atoms with Crippen molar-refractivity contribution in [3.63, 3.8) is 0 Å². The first kappa shape index (κ1) is 13.1. The Labute approximate surface area is 108 Å². The van der Waals surface area contributed by atoms with E-state index in [0.29, 0.717) is 17.0 Å². The Morgan fingerprint density at radius 2 is 2.00 bits per heavy atom. The lowest BCUT2D eigenvalue weighted by molar-refractivity contribution is -0.156. The normalized spacial score (nSPS) is 13.8. The third-order valence-corrected chi connectivity index (χ3v) is 2.60. The summed E-state index contributed by atoms with van der Waals surface area (Å²) in [6.07, 6.45) is -2.98. The molecule has 19 heavy (non-hydrogen) atoms. The quantitative estimate of drug-likeness (QED) is 0.632. The van der Waals surface area contributed by atoms with Crippen LogP contribution in [0.2, 0.25) is 0 Å². The molecule has 1 aromatic heterocycles. The van der Waals surface area contributed by atoms with Gasteiger partial charge in [0.05, 0.1) is 7.11 Å². The molecule has 2 unspecified atom stereocenters. The second kappa shape index (κ2) is 5.55. The molecule has 1 aromatic carbocycles. The summed E-state index contributed by atoms with van der Waals surface area (Å²) in [6.45, 7) is 0. The van der Waals surface area contributed by atoms with Crippen molar-refractivity contribution >= 4 is 5.97 Å². The zero-order valence-corrected chi connectivity index (χ0v) is 10.0. The van der Waals surface area contributed by atoms with Crippen LogP contribution in [0.25, 0.3) is 11.4 Å². The number of tetrazole rings is 1. The number of aromatic nitrogens is 4. The fourth-order valence-electron chi connectivity index (χ4n) is 1.55. The topological polar surface area (TPSA) is 121 Å². The molecule has 0 spiro atoms. The number of carbonyl (C=O) groups is 1. The number of methoxy groups -OCH3 is 1. The number of aliphatic hydroxyl groups is 2. The summed E-state index contributed by atoms with van der Waals surface area (Å²) >= 11 is 0. The maximum Gasteiger partial charge on any atom is 0.337 e. The first-order valence-electron chi connectivity index (χ1n) is 5.41. The molecule has 0 fully saturated rings. The number of aliphatic hydroxyl groups excluding tert-OH is 2. The number of hydrogen-bond acceptors (Lipinski definition) is 7. The minimum absolute atomic E-state index is 0.380. The molecule has 0 radical (unpaired) electrons. The predicted octanol–water partition coefficient (Wildman–Crippen LogP) is -0.566. The van der Waals surface area contributed by atoms with Gasteiger partial charge in [-0.05, 0) is 10.8 Å². The summed E-state index contributed by atoms with van der Waals surface area (Å²) in [5, 5.41) is 32.7. The van der Waals surface area contributed by atoms with Crippen LogP contribution in [-0.2, 0) is 9.53 Å². The van der Waals surface area contributed by atoms with E-state index < -0.39 is 18.2 Å². The monoisotopic (exact) mass is 264 g/mol. The number of esters is 1. The SMILES string of the molecule is COC(=O)C(O)C(O)c1ccc(-c2nn[nH]n2)cc1. The number of ether oxygens (including phenoxy) is 1. The van der Waals surface area contributed by atoms with E-state index in [4.69, 9.17) is 0 Å². The van der Waals surface area contributed by atoms with E-state index in [2.05, 4.69) is 25.4 Å². The minimum atomic E-state index is -1.62. The molecule has 0 saturated heterocycles. The fraction of sp³-hybridized carbons (Fsp3) is 0.273.